The molecule has 2 N–H and O–H groups in total. The van der Waals surface area contributed by atoms with Crippen LogP contribution in [0.1, 0.15) is 106 Å². The summed E-state index contributed by atoms with van der Waals surface area (Å²) in [4.78, 5) is 12.6. The first-order valence-corrected chi connectivity index (χ1v) is 14.1. The van der Waals surface area contributed by atoms with Gasteiger partial charge in [0.15, 0.2) is 0 Å². The summed E-state index contributed by atoms with van der Waals surface area (Å²) in [7, 11) is 0. The molecule has 0 aromatic heterocycles. The van der Waals surface area contributed by atoms with Gasteiger partial charge >= 0.3 is 0 Å². The minimum atomic E-state index is -0.436. The highest BCUT2D eigenvalue weighted by molar-refractivity contribution is 5.61. The Hall–Kier alpha value is -1.34. The van der Waals surface area contributed by atoms with E-state index in [1.165, 1.54) is 6.29 Å². The summed E-state index contributed by atoms with van der Waals surface area (Å²) in [5.74, 6) is 1.22. The van der Waals surface area contributed by atoms with Crippen LogP contribution in [0.15, 0.2) is 11.3 Å². The summed E-state index contributed by atoms with van der Waals surface area (Å²) in [5.41, 5.74) is -0.134. The number of nitrogens with zero attached hydrogens (tertiary/aromatic N) is 1. The highest BCUT2D eigenvalue weighted by atomic mass is 16.3. The van der Waals surface area contributed by atoms with Gasteiger partial charge in [0.1, 0.15) is 12.0 Å². The van der Waals surface area contributed by atoms with E-state index in [0.29, 0.717) is 12.0 Å². The molecule has 35 heavy (non-hydrogen) atoms. The van der Waals surface area contributed by atoms with Crippen molar-refractivity contribution >= 4 is 6.29 Å². The Morgan fingerprint density at radius 1 is 0.943 bits per heavy atom. The van der Waals surface area contributed by atoms with Crippen LogP contribution in [0.3, 0.4) is 0 Å². The van der Waals surface area contributed by atoms with Gasteiger partial charge in [0.2, 0.25) is 0 Å². The molecule has 0 amide bonds. The molecule has 5 aliphatic rings. The predicted octanol–water partition coefficient (Wildman–Crippen LogP) is 6.98. The van der Waals surface area contributed by atoms with Gasteiger partial charge in [0.05, 0.1) is 17.7 Å². The van der Waals surface area contributed by atoms with Gasteiger partial charge in [-0.05, 0) is 103 Å². The molecule has 0 spiro atoms. The maximum atomic E-state index is 12.6. The lowest BCUT2D eigenvalue weighted by Crippen LogP contribution is -2.69. The van der Waals surface area contributed by atoms with Gasteiger partial charge in [-0.3, -0.25) is 0 Å². The zero-order valence-corrected chi connectivity index (χ0v) is 23.1. The lowest BCUT2D eigenvalue weighted by Gasteiger charge is -2.73. The van der Waals surface area contributed by atoms with Crippen molar-refractivity contribution in [1.82, 2.24) is 0 Å². The second-order valence-electron chi connectivity index (χ2n) is 15.5. The second-order valence-corrected chi connectivity index (χ2v) is 15.5. The van der Waals surface area contributed by atoms with Crippen LogP contribution in [0.4, 0.5) is 0 Å². The molecule has 0 bridgehead atoms. The number of carbonyl (C=O) groups excluding carboxylic acids is 1. The molecule has 194 valence electrons. The molecular weight excluding hydrogens is 434 g/mol. The Bertz CT molecular complexity index is 1010. The number of aldehydes is 1. The average molecular weight is 482 g/mol. The van der Waals surface area contributed by atoms with Gasteiger partial charge in [0, 0.05) is 10.8 Å². The van der Waals surface area contributed by atoms with E-state index in [-0.39, 0.29) is 56.5 Å². The summed E-state index contributed by atoms with van der Waals surface area (Å²) in [6.07, 6.45) is 9.31. The lowest BCUT2D eigenvalue weighted by molar-refractivity contribution is -0.264. The normalized spacial score (nSPS) is 52.3. The molecule has 0 saturated heterocycles. The Morgan fingerprint density at radius 3 is 2.23 bits per heavy atom. The fraction of sp³-hybridized carbons (Fsp3) is 0.871. The third-order valence-electron chi connectivity index (χ3n) is 13.3. The number of aliphatic hydroxyl groups excluding tert-OH is 2. The summed E-state index contributed by atoms with van der Waals surface area (Å²) < 4.78 is 0. The van der Waals surface area contributed by atoms with Gasteiger partial charge in [-0.15, -0.1) is 0 Å². The van der Waals surface area contributed by atoms with Crippen molar-refractivity contribution in [2.75, 3.05) is 0 Å². The zero-order valence-electron chi connectivity index (χ0n) is 23.1. The molecule has 5 rings (SSSR count). The predicted molar refractivity (Wildman–Crippen MR) is 137 cm³/mol. The van der Waals surface area contributed by atoms with Crippen molar-refractivity contribution in [3.8, 4) is 6.07 Å². The van der Waals surface area contributed by atoms with Crippen LogP contribution in [0, 0.1) is 67.5 Å². The van der Waals surface area contributed by atoms with E-state index < -0.39 is 11.5 Å². The van der Waals surface area contributed by atoms with E-state index in [0.717, 1.165) is 51.4 Å². The SMILES string of the molecule is CC1(C)CC[C@]2(C=O)CC[C@]3(C)[C@H]([C@@H](O)C[C@@H]4[C@@]5(C)CC(C#N)=C(O)C(C)(C)[C@@H]5CC[C@]43C)[C@@H]2C1. The molecule has 5 aliphatic carbocycles. The standard InChI is InChI=1S/C31H47NO3/c1-26(2)10-12-31(18-33)13-11-30(7)24(20(31)16-26)21(34)14-23-28(5)15-19(17-32)25(35)27(3,4)22(28)8-9-29(23,30)6/h18,20-24,34-35H,8-16H2,1-7H3/t20-,21-,22-,23+,24-,28-,29+,30+,31+/m0/s1. The van der Waals surface area contributed by atoms with Gasteiger partial charge in [-0.2, -0.15) is 5.26 Å². The number of rotatable bonds is 1. The van der Waals surface area contributed by atoms with Crippen molar-refractivity contribution in [2.24, 2.45) is 56.2 Å². The molecule has 4 heteroatoms. The van der Waals surface area contributed by atoms with Gasteiger partial charge in [-0.1, -0.05) is 48.5 Å². The quantitative estimate of drug-likeness (QED) is 0.396. The van der Waals surface area contributed by atoms with Crippen LogP contribution >= 0.6 is 0 Å². The maximum Gasteiger partial charge on any atom is 0.126 e. The number of fused-ring (bicyclic) bond motifs is 7. The smallest absolute Gasteiger partial charge is 0.126 e. The summed E-state index contributed by atoms with van der Waals surface area (Å²) in [6, 6.07) is 2.34. The molecule has 4 fully saturated rings. The van der Waals surface area contributed by atoms with Crippen LogP contribution in [0.25, 0.3) is 0 Å². The van der Waals surface area contributed by atoms with Crippen LogP contribution in [-0.2, 0) is 4.79 Å². The molecule has 4 saturated carbocycles. The maximum absolute atomic E-state index is 12.6. The number of nitriles is 1. The molecule has 0 aliphatic heterocycles. The van der Waals surface area contributed by atoms with Gasteiger partial charge in [0.25, 0.3) is 0 Å². The van der Waals surface area contributed by atoms with Gasteiger partial charge in [-0.25, -0.2) is 0 Å². The van der Waals surface area contributed by atoms with Crippen molar-refractivity contribution in [2.45, 2.75) is 112 Å². The largest absolute Gasteiger partial charge is 0.511 e. The highest BCUT2D eigenvalue weighted by Crippen LogP contribution is 2.77. The van der Waals surface area contributed by atoms with Crippen LogP contribution in [0.2, 0.25) is 0 Å². The third-order valence-corrected chi connectivity index (χ3v) is 13.3. The fourth-order valence-electron chi connectivity index (χ4n) is 11.2. The van der Waals surface area contributed by atoms with E-state index >= 15 is 0 Å². The molecule has 0 unspecified atom stereocenters. The first-order valence-electron chi connectivity index (χ1n) is 14.1. The van der Waals surface area contributed by atoms with Crippen molar-refractivity contribution in [1.29, 1.82) is 5.26 Å². The summed E-state index contributed by atoms with van der Waals surface area (Å²) in [6.45, 7) is 16.2. The summed E-state index contributed by atoms with van der Waals surface area (Å²) >= 11 is 0. The Kier molecular flexibility index (Phi) is 5.33. The Morgan fingerprint density at radius 2 is 1.60 bits per heavy atom. The number of allylic oxidation sites excluding steroid dienone is 2. The molecule has 0 aromatic carbocycles. The highest BCUT2D eigenvalue weighted by Gasteiger charge is 2.72. The van der Waals surface area contributed by atoms with Crippen molar-refractivity contribution in [3.63, 3.8) is 0 Å². The van der Waals surface area contributed by atoms with Crippen LogP contribution in [0.5, 0.6) is 0 Å². The average Bonchev–Trinajstić information content (AvgIpc) is 2.77. The molecule has 0 heterocycles. The van der Waals surface area contributed by atoms with Crippen LogP contribution in [-0.4, -0.2) is 22.6 Å². The van der Waals surface area contributed by atoms with Crippen LogP contribution < -0.4 is 0 Å². The van der Waals surface area contributed by atoms with Gasteiger partial charge < -0.3 is 15.0 Å². The molecule has 4 nitrogen and oxygen atoms in total. The van der Waals surface area contributed by atoms with E-state index in [4.69, 9.17) is 0 Å². The minimum Gasteiger partial charge on any atom is -0.511 e. The first-order chi connectivity index (χ1) is 16.1. The van der Waals surface area contributed by atoms with E-state index in [2.05, 4.69) is 54.5 Å². The molecular formula is C31H47NO3. The zero-order chi connectivity index (χ0) is 25.8. The van der Waals surface area contributed by atoms with E-state index in [1.807, 2.05) is 0 Å². The molecule has 9 atom stereocenters. The topological polar surface area (TPSA) is 81.3 Å². The molecule has 0 aromatic rings. The number of carbonyl (C=O) groups is 1. The minimum absolute atomic E-state index is 0.0301. The Labute approximate surface area is 212 Å². The lowest BCUT2D eigenvalue weighted by atomic mass is 9.31. The molecule has 0 radical (unpaired) electrons. The number of hydrogen-bond acceptors (Lipinski definition) is 4. The second kappa shape index (κ2) is 7.37. The Balaban J connectivity index is 1.61. The number of aliphatic hydroxyl groups is 2. The fourth-order valence-corrected chi connectivity index (χ4v) is 11.2. The number of hydrogen-bond donors (Lipinski definition) is 2. The van der Waals surface area contributed by atoms with Crippen molar-refractivity contribution < 1.29 is 15.0 Å². The van der Waals surface area contributed by atoms with Crippen molar-refractivity contribution in [3.05, 3.63) is 11.3 Å². The summed E-state index contributed by atoms with van der Waals surface area (Å²) in [5, 5.41) is 33.0. The monoisotopic (exact) mass is 481 g/mol. The van der Waals surface area contributed by atoms with E-state index in [9.17, 15) is 20.3 Å². The van der Waals surface area contributed by atoms with E-state index in [1.54, 1.807) is 0 Å². The first kappa shape index (κ1) is 25.3. The third kappa shape index (κ3) is 3.03.